The first-order valence-electron chi connectivity index (χ1n) is 4.66. The summed E-state index contributed by atoms with van der Waals surface area (Å²) in [5.74, 6) is 0. The van der Waals surface area contributed by atoms with E-state index in [1.807, 2.05) is 49.9 Å². The molecule has 2 rings (SSSR count). The van der Waals surface area contributed by atoms with E-state index in [2.05, 4.69) is 0 Å². The van der Waals surface area contributed by atoms with Crippen LogP contribution in [0.1, 0.15) is 18.6 Å². The van der Waals surface area contributed by atoms with Crippen LogP contribution in [0.15, 0.2) is 29.2 Å². The molecule has 2 heteroatoms. The van der Waals surface area contributed by atoms with Crippen LogP contribution in [0, 0.1) is 13.8 Å². The molecule has 0 radical (unpaired) electrons. The Balaban J connectivity index is 0.00000112. The van der Waals surface area contributed by atoms with E-state index in [9.17, 15) is 4.79 Å². The molecule has 0 aliphatic carbocycles. The molecule has 0 spiro atoms. The lowest BCUT2D eigenvalue weighted by Crippen LogP contribution is -2.10. The summed E-state index contributed by atoms with van der Waals surface area (Å²) in [6.45, 7) is 3.85. The summed E-state index contributed by atoms with van der Waals surface area (Å²) in [6, 6.07) is 5.97. The van der Waals surface area contributed by atoms with E-state index in [1.165, 1.54) is 0 Å². The van der Waals surface area contributed by atoms with Crippen LogP contribution in [0.5, 0.6) is 0 Å². The zero-order chi connectivity index (χ0) is 10.3. The molecular weight excluding hydrogens is 186 g/mol. The minimum atomic E-state index is 0. The molecular formula is C13H17NO. The lowest BCUT2D eigenvalue weighted by molar-refractivity contribution is 0.938. The van der Waals surface area contributed by atoms with Crippen molar-refractivity contribution in [2.45, 2.75) is 21.3 Å². The van der Waals surface area contributed by atoms with Gasteiger partial charge in [-0.05, 0) is 26.0 Å². The smallest absolute Gasteiger partial charge is 0.192 e. The number of hydrogen-bond donors (Lipinski definition) is 0. The Morgan fingerprint density at radius 3 is 2.53 bits per heavy atom. The molecule has 0 bridgehead atoms. The van der Waals surface area contributed by atoms with Gasteiger partial charge in [0.05, 0.1) is 5.52 Å². The van der Waals surface area contributed by atoms with Crippen molar-refractivity contribution in [2.75, 3.05) is 0 Å². The molecule has 2 aromatic rings. The third-order valence-corrected chi connectivity index (χ3v) is 2.52. The highest BCUT2D eigenvalue weighted by atomic mass is 16.1. The third-order valence-electron chi connectivity index (χ3n) is 2.52. The lowest BCUT2D eigenvalue weighted by atomic mass is 10.1. The van der Waals surface area contributed by atoms with E-state index in [0.29, 0.717) is 0 Å². The van der Waals surface area contributed by atoms with Gasteiger partial charge in [0.15, 0.2) is 5.43 Å². The molecule has 0 saturated carbocycles. The minimum Gasteiger partial charge on any atom is -0.350 e. The van der Waals surface area contributed by atoms with Gasteiger partial charge >= 0.3 is 0 Å². The average Bonchev–Trinajstić information content (AvgIpc) is 2.14. The maximum atomic E-state index is 11.8. The van der Waals surface area contributed by atoms with Crippen LogP contribution < -0.4 is 5.43 Å². The first-order chi connectivity index (χ1) is 6.59. The molecule has 0 unspecified atom stereocenters. The van der Waals surface area contributed by atoms with Crippen molar-refractivity contribution in [1.82, 2.24) is 4.57 Å². The fourth-order valence-electron chi connectivity index (χ4n) is 1.77. The van der Waals surface area contributed by atoms with Crippen LogP contribution in [0.2, 0.25) is 0 Å². The van der Waals surface area contributed by atoms with E-state index in [1.54, 1.807) is 0 Å². The van der Waals surface area contributed by atoms with Crippen LogP contribution in [0.4, 0.5) is 0 Å². The van der Waals surface area contributed by atoms with Gasteiger partial charge in [-0.2, -0.15) is 0 Å². The predicted octanol–water partition coefficient (Wildman–Crippen LogP) is 2.79. The zero-order valence-corrected chi connectivity index (χ0v) is 8.66. The van der Waals surface area contributed by atoms with Crippen molar-refractivity contribution >= 4 is 10.9 Å². The highest BCUT2D eigenvalue weighted by molar-refractivity contribution is 5.80. The van der Waals surface area contributed by atoms with Crippen LogP contribution in [0.3, 0.4) is 0 Å². The topological polar surface area (TPSA) is 22.0 Å². The number of nitrogens with zero attached hydrogens (tertiary/aromatic N) is 1. The van der Waals surface area contributed by atoms with Crippen LogP contribution >= 0.6 is 0 Å². The molecule has 80 valence electrons. The van der Waals surface area contributed by atoms with Crippen molar-refractivity contribution in [3.8, 4) is 0 Å². The second-order valence-electron chi connectivity index (χ2n) is 3.77. The molecule has 0 saturated heterocycles. The lowest BCUT2D eigenvalue weighted by Gasteiger charge is -2.06. The standard InChI is InChI=1S/C12H13NO.CH4/c1-8-4-5-11-10(6-8)12(14)9(2)7-13(11)3;/h4-7H,1-3H3;1H4. The molecule has 0 aliphatic rings. The molecule has 1 aromatic carbocycles. The fraction of sp³-hybridized carbons (Fsp3) is 0.308. The first kappa shape index (κ1) is 11.5. The number of aryl methyl sites for hydroxylation is 3. The van der Waals surface area contributed by atoms with Crippen molar-refractivity contribution < 1.29 is 0 Å². The summed E-state index contributed by atoms with van der Waals surface area (Å²) in [5, 5.41) is 0.813. The number of rotatable bonds is 0. The van der Waals surface area contributed by atoms with Crippen molar-refractivity contribution in [3.63, 3.8) is 0 Å². The summed E-state index contributed by atoms with van der Waals surface area (Å²) >= 11 is 0. The van der Waals surface area contributed by atoms with Gasteiger partial charge in [-0.15, -0.1) is 0 Å². The monoisotopic (exact) mass is 203 g/mol. The van der Waals surface area contributed by atoms with Crippen molar-refractivity contribution in [2.24, 2.45) is 7.05 Å². The van der Waals surface area contributed by atoms with Crippen LogP contribution in [-0.2, 0) is 7.05 Å². The number of hydrogen-bond acceptors (Lipinski definition) is 1. The minimum absolute atomic E-state index is 0. The van der Waals surface area contributed by atoms with Gasteiger partial charge in [0.25, 0.3) is 0 Å². The Morgan fingerprint density at radius 2 is 1.87 bits per heavy atom. The predicted molar refractivity (Wildman–Crippen MR) is 65.4 cm³/mol. The third kappa shape index (κ3) is 1.80. The molecule has 15 heavy (non-hydrogen) atoms. The maximum Gasteiger partial charge on any atom is 0.192 e. The Kier molecular flexibility index (Phi) is 2.98. The molecule has 0 fully saturated rings. The van der Waals surface area contributed by atoms with Gasteiger partial charge in [-0.25, -0.2) is 0 Å². The van der Waals surface area contributed by atoms with Gasteiger partial charge in [0.2, 0.25) is 0 Å². The fourth-order valence-corrected chi connectivity index (χ4v) is 1.77. The van der Waals surface area contributed by atoms with E-state index < -0.39 is 0 Å². The van der Waals surface area contributed by atoms with Gasteiger partial charge in [-0.1, -0.05) is 19.1 Å². The highest BCUT2D eigenvalue weighted by Crippen LogP contribution is 2.12. The van der Waals surface area contributed by atoms with E-state index in [-0.39, 0.29) is 12.9 Å². The van der Waals surface area contributed by atoms with Crippen molar-refractivity contribution in [1.29, 1.82) is 0 Å². The van der Waals surface area contributed by atoms with Gasteiger partial charge in [-0.3, -0.25) is 4.79 Å². The number of pyridine rings is 1. The van der Waals surface area contributed by atoms with Gasteiger partial charge in [0, 0.05) is 24.2 Å². The average molecular weight is 203 g/mol. The number of aromatic nitrogens is 1. The van der Waals surface area contributed by atoms with Gasteiger partial charge in [0.1, 0.15) is 0 Å². The Morgan fingerprint density at radius 1 is 1.20 bits per heavy atom. The molecule has 1 aromatic heterocycles. The van der Waals surface area contributed by atoms with Crippen molar-refractivity contribution in [3.05, 3.63) is 45.7 Å². The Bertz CT molecular complexity index is 552. The Labute approximate surface area is 90.2 Å². The quantitative estimate of drug-likeness (QED) is 0.645. The molecule has 0 N–H and O–H groups in total. The summed E-state index contributed by atoms with van der Waals surface area (Å²) in [7, 11) is 1.96. The highest BCUT2D eigenvalue weighted by Gasteiger charge is 2.03. The summed E-state index contributed by atoms with van der Waals surface area (Å²) in [4.78, 5) is 11.8. The normalized spacial score (nSPS) is 10.1. The largest absolute Gasteiger partial charge is 0.350 e. The number of benzene rings is 1. The second kappa shape index (κ2) is 3.89. The molecule has 0 atom stereocenters. The van der Waals surface area contributed by atoms with E-state index in [0.717, 1.165) is 22.0 Å². The van der Waals surface area contributed by atoms with Crippen LogP contribution in [-0.4, -0.2) is 4.57 Å². The van der Waals surface area contributed by atoms with E-state index in [4.69, 9.17) is 0 Å². The molecule has 2 nitrogen and oxygen atoms in total. The van der Waals surface area contributed by atoms with Crippen LogP contribution in [0.25, 0.3) is 10.9 Å². The first-order valence-corrected chi connectivity index (χ1v) is 4.66. The summed E-state index contributed by atoms with van der Waals surface area (Å²) < 4.78 is 1.99. The molecule has 0 amide bonds. The maximum absolute atomic E-state index is 11.8. The summed E-state index contributed by atoms with van der Waals surface area (Å²) in [6.07, 6.45) is 1.88. The molecule has 1 heterocycles. The summed E-state index contributed by atoms with van der Waals surface area (Å²) in [5.41, 5.74) is 3.05. The van der Waals surface area contributed by atoms with E-state index >= 15 is 0 Å². The zero-order valence-electron chi connectivity index (χ0n) is 8.66. The Hall–Kier alpha value is -1.57. The second-order valence-corrected chi connectivity index (χ2v) is 3.77. The van der Waals surface area contributed by atoms with Gasteiger partial charge < -0.3 is 4.57 Å². The number of fused-ring (bicyclic) bond motifs is 1. The SMILES string of the molecule is C.Cc1ccc2c(c1)c(=O)c(C)cn2C. The molecule has 0 aliphatic heterocycles.